The van der Waals surface area contributed by atoms with Crippen LogP contribution in [0.4, 0.5) is 0 Å². The van der Waals surface area contributed by atoms with Gasteiger partial charge in [-0.15, -0.1) is 0 Å². The van der Waals surface area contributed by atoms with Gasteiger partial charge in [-0.25, -0.2) is 0 Å². The number of fused-ring (bicyclic) bond motifs is 1. The number of ketones is 1. The molecule has 0 spiro atoms. The summed E-state index contributed by atoms with van der Waals surface area (Å²) in [4.78, 5) is 10.9. The predicted octanol–water partition coefficient (Wildman–Crippen LogP) is 3.33. The van der Waals surface area contributed by atoms with Gasteiger partial charge in [0.15, 0.2) is 4.67 Å². The molecule has 0 atom stereocenters. The summed E-state index contributed by atoms with van der Waals surface area (Å²) < 4.78 is 6.07. The predicted molar refractivity (Wildman–Crippen MR) is 58.3 cm³/mol. The van der Waals surface area contributed by atoms with E-state index in [9.17, 15) is 4.79 Å². The van der Waals surface area contributed by atoms with Crippen LogP contribution < -0.4 is 0 Å². The summed E-state index contributed by atoms with van der Waals surface area (Å²) >= 11 is 3.27. The molecular formula is C11H9BrO2. The van der Waals surface area contributed by atoms with Gasteiger partial charge in [0.25, 0.3) is 0 Å². The molecule has 2 rings (SSSR count). The lowest BCUT2D eigenvalue weighted by Crippen LogP contribution is -1.95. The number of carbonyl (C=O) groups excluding carboxylic acids is 1. The minimum atomic E-state index is 0.173. The molecule has 0 saturated heterocycles. The summed E-state index contributed by atoms with van der Waals surface area (Å²) in [6.45, 7) is 1.59. The fraction of sp³-hybridized carbons (Fsp3) is 0.182. The third kappa shape index (κ3) is 1.87. The smallest absolute Gasteiger partial charge is 0.170 e. The van der Waals surface area contributed by atoms with Crippen molar-refractivity contribution >= 4 is 32.7 Å². The van der Waals surface area contributed by atoms with E-state index in [4.69, 9.17) is 4.42 Å². The van der Waals surface area contributed by atoms with Crippen LogP contribution in [0.15, 0.2) is 33.4 Å². The highest BCUT2D eigenvalue weighted by atomic mass is 79.9. The quantitative estimate of drug-likeness (QED) is 0.821. The molecule has 1 aromatic carbocycles. The second kappa shape index (κ2) is 3.58. The van der Waals surface area contributed by atoms with E-state index in [0.29, 0.717) is 11.1 Å². The standard InChI is InChI=1S/C11H9BrO2/c1-7(13)4-8-2-3-10-9(5-8)6-11(12)14-10/h2-3,5-6H,4H2,1H3. The maximum atomic E-state index is 10.9. The second-order valence-electron chi connectivity index (χ2n) is 3.30. The highest BCUT2D eigenvalue weighted by Gasteiger charge is 2.03. The SMILES string of the molecule is CC(=O)Cc1ccc2oc(Br)cc2c1. The van der Waals surface area contributed by atoms with Crippen LogP contribution in [0, 0.1) is 0 Å². The van der Waals surface area contributed by atoms with Crippen molar-refractivity contribution in [3.63, 3.8) is 0 Å². The van der Waals surface area contributed by atoms with Gasteiger partial charge in [-0.05, 0) is 46.6 Å². The molecule has 0 radical (unpaired) electrons. The molecule has 0 unspecified atom stereocenters. The lowest BCUT2D eigenvalue weighted by molar-refractivity contribution is -0.116. The fourth-order valence-electron chi connectivity index (χ4n) is 1.46. The Labute approximate surface area is 90.0 Å². The highest BCUT2D eigenvalue weighted by molar-refractivity contribution is 9.10. The summed E-state index contributed by atoms with van der Waals surface area (Å²) in [5.41, 5.74) is 1.86. The molecule has 2 aromatic rings. The molecule has 1 heterocycles. The molecule has 14 heavy (non-hydrogen) atoms. The Hall–Kier alpha value is -1.09. The van der Waals surface area contributed by atoms with Gasteiger partial charge in [-0.3, -0.25) is 4.79 Å². The molecule has 72 valence electrons. The van der Waals surface area contributed by atoms with Gasteiger partial charge in [0.05, 0.1) is 0 Å². The lowest BCUT2D eigenvalue weighted by atomic mass is 10.1. The number of hydrogen-bond donors (Lipinski definition) is 0. The van der Waals surface area contributed by atoms with E-state index in [0.717, 1.165) is 16.5 Å². The zero-order chi connectivity index (χ0) is 10.1. The number of rotatable bonds is 2. The summed E-state index contributed by atoms with van der Waals surface area (Å²) in [6, 6.07) is 7.68. The van der Waals surface area contributed by atoms with Crippen molar-refractivity contribution in [1.82, 2.24) is 0 Å². The normalized spacial score (nSPS) is 10.7. The number of furan rings is 1. The lowest BCUT2D eigenvalue weighted by Gasteiger charge is -1.96. The number of halogens is 1. The molecular weight excluding hydrogens is 244 g/mol. The first-order valence-electron chi connectivity index (χ1n) is 4.32. The van der Waals surface area contributed by atoms with Crippen LogP contribution in [-0.4, -0.2) is 5.78 Å². The Morgan fingerprint density at radius 1 is 1.43 bits per heavy atom. The third-order valence-electron chi connectivity index (χ3n) is 2.00. The third-order valence-corrected chi connectivity index (χ3v) is 2.39. The minimum absolute atomic E-state index is 0.173. The molecule has 0 aliphatic rings. The average Bonchev–Trinajstić information content (AvgIpc) is 2.42. The topological polar surface area (TPSA) is 30.2 Å². The Morgan fingerprint density at radius 3 is 2.93 bits per heavy atom. The van der Waals surface area contributed by atoms with Crippen molar-refractivity contribution in [2.75, 3.05) is 0 Å². The number of Topliss-reactive ketones (excluding diaryl/α,β-unsaturated/α-hetero) is 1. The van der Waals surface area contributed by atoms with Crippen molar-refractivity contribution in [3.05, 3.63) is 34.5 Å². The van der Waals surface area contributed by atoms with Crippen LogP contribution in [0.1, 0.15) is 12.5 Å². The first kappa shape index (κ1) is 9.46. The molecule has 2 nitrogen and oxygen atoms in total. The first-order valence-corrected chi connectivity index (χ1v) is 5.12. The maximum Gasteiger partial charge on any atom is 0.170 e. The van der Waals surface area contributed by atoms with Crippen LogP contribution >= 0.6 is 15.9 Å². The summed E-state index contributed by atoms with van der Waals surface area (Å²) in [5, 5.41) is 1.02. The Balaban J connectivity index is 2.45. The largest absolute Gasteiger partial charge is 0.449 e. The molecule has 0 N–H and O–H groups in total. The molecule has 0 aliphatic carbocycles. The van der Waals surface area contributed by atoms with E-state index >= 15 is 0 Å². The molecule has 1 aromatic heterocycles. The highest BCUT2D eigenvalue weighted by Crippen LogP contribution is 2.24. The zero-order valence-corrected chi connectivity index (χ0v) is 9.30. The summed E-state index contributed by atoms with van der Waals surface area (Å²) in [7, 11) is 0. The zero-order valence-electron chi connectivity index (χ0n) is 7.71. The molecule has 0 saturated carbocycles. The van der Waals surface area contributed by atoms with E-state index < -0.39 is 0 Å². The van der Waals surface area contributed by atoms with Gasteiger partial charge in [0, 0.05) is 11.8 Å². The Kier molecular flexibility index (Phi) is 2.42. The van der Waals surface area contributed by atoms with Crippen molar-refractivity contribution in [3.8, 4) is 0 Å². The average molecular weight is 253 g/mol. The monoisotopic (exact) mass is 252 g/mol. The van der Waals surface area contributed by atoms with Crippen LogP contribution in [0.3, 0.4) is 0 Å². The number of carbonyl (C=O) groups is 1. The minimum Gasteiger partial charge on any atom is -0.449 e. The molecule has 3 heteroatoms. The van der Waals surface area contributed by atoms with Gasteiger partial charge in [0.2, 0.25) is 0 Å². The summed E-state index contributed by atoms with van der Waals surface area (Å²) in [5.74, 6) is 0.173. The van der Waals surface area contributed by atoms with Crippen LogP contribution in [0.5, 0.6) is 0 Å². The summed E-state index contributed by atoms with van der Waals surface area (Å²) in [6.07, 6.45) is 0.485. The van der Waals surface area contributed by atoms with Gasteiger partial charge in [-0.1, -0.05) is 6.07 Å². The van der Waals surface area contributed by atoms with Crippen LogP contribution in [-0.2, 0) is 11.2 Å². The molecule has 0 aliphatic heterocycles. The van der Waals surface area contributed by atoms with Crippen molar-refractivity contribution in [2.45, 2.75) is 13.3 Å². The maximum absolute atomic E-state index is 10.9. The van der Waals surface area contributed by atoms with Crippen LogP contribution in [0.2, 0.25) is 0 Å². The molecule has 0 fully saturated rings. The number of benzene rings is 1. The van der Waals surface area contributed by atoms with E-state index in [1.807, 2.05) is 24.3 Å². The van der Waals surface area contributed by atoms with Crippen molar-refractivity contribution in [2.24, 2.45) is 0 Å². The van der Waals surface area contributed by atoms with Gasteiger partial charge in [0.1, 0.15) is 11.4 Å². The fourth-order valence-corrected chi connectivity index (χ4v) is 1.88. The van der Waals surface area contributed by atoms with Crippen molar-refractivity contribution < 1.29 is 9.21 Å². The van der Waals surface area contributed by atoms with E-state index in [-0.39, 0.29) is 5.78 Å². The van der Waals surface area contributed by atoms with E-state index in [1.54, 1.807) is 6.92 Å². The Morgan fingerprint density at radius 2 is 2.21 bits per heavy atom. The molecule has 0 bridgehead atoms. The van der Waals surface area contributed by atoms with Gasteiger partial charge >= 0.3 is 0 Å². The second-order valence-corrected chi connectivity index (χ2v) is 4.08. The van der Waals surface area contributed by atoms with Crippen LogP contribution in [0.25, 0.3) is 11.0 Å². The first-order chi connectivity index (χ1) is 6.65. The molecule has 0 amide bonds. The van der Waals surface area contributed by atoms with Gasteiger partial charge in [-0.2, -0.15) is 0 Å². The van der Waals surface area contributed by atoms with E-state index in [2.05, 4.69) is 15.9 Å². The van der Waals surface area contributed by atoms with Gasteiger partial charge < -0.3 is 4.42 Å². The number of hydrogen-bond acceptors (Lipinski definition) is 2. The Bertz CT molecular complexity index is 485. The van der Waals surface area contributed by atoms with Crippen molar-refractivity contribution in [1.29, 1.82) is 0 Å². The van der Waals surface area contributed by atoms with E-state index in [1.165, 1.54) is 0 Å².